The molecule has 3 aromatic carbocycles. The van der Waals surface area contributed by atoms with Gasteiger partial charge in [-0.25, -0.2) is 5.01 Å². The summed E-state index contributed by atoms with van der Waals surface area (Å²) in [6.45, 7) is 5.78. The van der Waals surface area contributed by atoms with Crippen LogP contribution >= 0.6 is 0 Å². The quantitative estimate of drug-likeness (QED) is 0.298. The van der Waals surface area contributed by atoms with E-state index in [0.717, 1.165) is 16.8 Å². The van der Waals surface area contributed by atoms with Gasteiger partial charge in [0.05, 0.1) is 30.5 Å². The molecule has 3 N–H and O–H groups in total. The maximum Gasteiger partial charge on any atom is 0.261 e. The molecule has 1 fully saturated rings. The minimum Gasteiger partial charge on any atom is -0.432 e. The number of anilines is 2. The molecule has 240 valence electrons. The van der Waals surface area contributed by atoms with Gasteiger partial charge in [-0.1, -0.05) is 67.6 Å². The molecular weight excluding hydrogens is 600 g/mol. The van der Waals surface area contributed by atoms with E-state index in [1.165, 1.54) is 5.01 Å². The molecule has 0 unspecified atom stereocenters. The van der Waals surface area contributed by atoms with Gasteiger partial charge >= 0.3 is 0 Å². The first-order chi connectivity index (χ1) is 22.0. The number of nitrogens with zero attached hydrogens (tertiary/aromatic N) is 3. The van der Waals surface area contributed by atoms with E-state index in [1.807, 2.05) is 67.6 Å². The molecule has 3 heterocycles. The van der Waals surface area contributed by atoms with E-state index in [4.69, 9.17) is 9.84 Å². The van der Waals surface area contributed by atoms with E-state index in [9.17, 15) is 24.3 Å². The predicted octanol–water partition coefficient (Wildman–Crippen LogP) is 4.38. The van der Waals surface area contributed by atoms with Crippen molar-refractivity contribution in [3.8, 4) is 0 Å². The summed E-state index contributed by atoms with van der Waals surface area (Å²) in [6, 6.07) is 24.5. The van der Waals surface area contributed by atoms with Crippen LogP contribution in [0.4, 0.5) is 11.4 Å². The average Bonchev–Trinajstić information content (AvgIpc) is 3.50. The smallest absolute Gasteiger partial charge is 0.261 e. The summed E-state index contributed by atoms with van der Waals surface area (Å²) >= 11 is 0. The van der Waals surface area contributed by atoms with Crippen LogP contribution in [0, 0.1) is 5.92 Å². The van der Waals surface area contributed by atoms with Crippen molar-refractivity contribution in [3.63, 3.8) is 0 Å². The number of amides is 3. The summed E-state index contributed by atoms with van der Waals surface area (Å²) in [5, 5.41) is 18.8. The third-order valence-corrected chi connectivity index (χ3v) is 11.9. The second kappa shape index (κ2) is 12.6. The zero-order valence-corrected chi connectivity index (χ0v) is 27.3. The first kappa shape index (κ1) is 31.8. The molecule has 3 aliphatic rings. The number of aliphatic hydroxyl groups is 1. The van der Waals surface area contributed by atoms with E-state index < -0.39 is 31.5 Å². The van der Waals surface area contributed by atoms with Crippen molar-refractivity contribution in [2.24, 2.45) is 11.0 Å². The zero-order chi connectivity index (χ0) is 32.6. The normalized spacial score (nSPS) is 24.2. The van der Waals surface area contributed by atoms with Crippen molar-refractivity contribution in [1.82, 2.24) is 4.90 Å². The topological polar surface area (TPSA) is 132 Å². The van der Waals surface area contributed by atoms with Crippen molar-refractivity contribution in [2.45, 2.75) is 63.1 Å². The molecule has 1 spiro atoms. The third kappa shape index (κ3) is 5.79. The fourth-order valence-electron chi connectivity index (χ4n) is 7.33. The van der Waals surface area contributed by atoms with E-state index in [1.54, 1.807) is 36.2 Å². The molecule has 3 aromatic rings. The van der Waals surface area contributed by atoms with Crippen LogP contribution in [0.25, 0.3) is 0 Å². The molecular formula is C35H40N4O6Si. The standard InChI is InChI=1S/C35H40N4O6Si/c1-23-33(46(2,3)44)30(21-32(42)38(18-19-40)22-24-10-6-4-7-11-24)45-35(23)27-20-26(14-15-29(27)36-34(35)43)39-31(41)17-16-28(37-39)25-12-8-5-9-13-25/h4-15,20,23,30,33,40,44H,16-19,21-22H2,1-3H3,(H,36,43)/t23-,30+,33-,35+/m0/s1. The number of carbonyl (C=O) groups is 3. The average molecular weight is 641 g/mol. The van der Waals surface area contributed by atoms with Crippen LogP contribution in [-0.4, -0.2) is 65.8 Å². The van der Waals surface area contributed by atoms with Gasteiger partial charge in [-0.3, -0.25) is 14.4 Å². The maximum atomic E-state index is 13.9. The Kier molecular flexibility index (Phi) is 8.68. The van der Waals surface area contributed by atoms with Gasteiger partial charge in [0.15, 0.2) is 13.9 Å². The SMILES string of the molecule is C[C@H]1[C@H]([Si](C)(C)O)[C@@H](CC(=O)N(CCO)Cc2ccccc2)O[C@]12C(=O)Nc1ccc(N3N=C(c4ccccc4)CCC3=O)cc12. The maximum absolute atomic E-state index is 13.9. The molecule has 3 aliphatic heterocycles. The number of hydrogen-bond acceptors (Lipinski definition) is 7. The molecule has 1 saturated heterocycles. The molecule has 11 heteroatoms. The van der Waals surface area contributed by atoms with Crippen molar-refractivity contribution in [1.29, 1.82) is 0 Å². The van der Waals surface area contributed by atoms with Gasteiger partial charge in [0, 0.05) is 48.6 Å². The summed E-state index contributed by atoms with van der Waals surface area (Å²) in [7, 11) is -3.00. The van der Waals surface area contributed by atoms with Gasteiger partial charge in [-0.15, -0.1) is 0 Å². The summed E-state index contributed by atoms with van der Waals surface area (Å²) in [5.74, 6) is -1.22. The van der Waals surface area contributed by atoms with Gasteiger partial charge in [0.1, 0.15) is 0 Å². The minimum absolute atomic E-state index is 0.0573. The highest BCUT2D eigenvalue weighted by molar-refractivity contribution is 6.71. The highest BCUT2D eigenvalue weighted by Crippen LogP contribution is 2.58. The largest absolute Gasteiger partial charge is 0.432 e. The molecule has 4 atom stereocenters. The van der Waals surface area contributed by atoms with Gasteiger partial charge in [0.2, 0.25) is 11.8 Å². The lowest BCUT2D eigenvalue weighted by Crippen LogP contribution is -2.44. The molecule has 0 bridgehead atoms. The number of fused-ring (bicyclic) bond motifs is 2. The van der Waals surface area contributed by atoms with Crippen LogP contribution in [0.5, 0.6) is 0 Å². The zero-order valence-electron chi connectivity index (χ0n) is 26.3. The number of rotatable bonds is 9. The molecule has 6 rings (SSSR count). The van der Waals surface area contributed by atoms with Gasteiger partial charge < -0.3 is 24.9 Å². The number of hydrazone groups is 1. The van der Waals surface area contributed by atoms with Crippen LogP contribution < -0.4 is 10.3 Å². The van der Waals surface area contributed by atoms with Gasteiger partial charge in [0.25, 0.3) is 5.91 Å². The number of carbonyl (C=O) groups excluding carboxylic acids is 3. The number of aliphatic hydroxyl groups excluding tert-OH is 1. The highest BCUT2D eigenvalue weighted by Gasteiger charge is 2.65. The Labute approximate surface area is 269 Å². The first-order valence-corrected chi connectivity index (χ1v) is 18.8. The molecule has 46 heavy (non-hydrogen) atoms. The molecule has 0 radical (unpaired) electrons. The predicted molar refractivity (Wildman–Crippen MR) is 177 cm³/mol. The Hall–Kier alpha value is -4.16. The second-order valence-electron chi connectivity index (χ2n) is 12.9. The van der Waals surface area contributed by atoms with E-state index in [-0.39, 0.29) is 37.3 Å². The first-order valence-electron chi connectivity index (χ1n) is 15.8. The number of hydrogen-bond donors (Lipinski definition) is 3. The summed E-state index contributed by atoms with van der Waals surface area (Å²) in [4.78, 5) is 53.9. The molecule has 0 aromatic heterocycles. The van der Waals surface area contributed by atoms with E-state index in [2.05, 4.69) is 5.32 Å². The Bertz CT molecular complexity index is 1660. The molecule has 0 aliphatic carbocycles. The van der Waals surface area contributed by atoms with Crippen LogP contribution in [0.15, 0.2) is 84.0 Å². The van der Waals surface area contributed by atoms with Crippen LogP contribution in [0.3, 0.4) is 0 Å². The van der Waals surface area contributed by atoms with Crippen molar-refractivity contribution in [3.05, 3.63) is 95.6 Å². The fourth-order valence-corrected chi connectivity index (χ4v) is 9.88. The molecule has 3 amide bonds. The summed E-state index contributed by atoms with van der Waals surface area (Å²) in [5.41, 5.74) is 2.37. The lowest BCUT2D eigenvalue weighted by Gasteiger charge is -2.32. The number of benzene rings is 3. The van der Waals surface area contributed by atoms with Crippen molar-refractivity contribution < 1.29 is 29.0 Å². The van der Waals surface area contributed by atoms with Crippen LogP contribution in [0.2, 0.25) is 18.6 Å². The Morgan fingerprint density at radius 2 is 1.76 bits per heavy atom. The lowest BCUT2D eigenvalue weighted by atomic mass is 9.82. The Morgan fingerprint density at radius 1 is 1.07 bits per heavy atom. The van der Waals surface area contributed by atoms with Crippen molar-refractivity contribution >= 4 is 43.1 Å². The number of ether oxygens (including phenoxy) is 1. The van der Waals surface area contributed by atoms with E-state index >= 15 is 0 Å². The van der Waals surface area contributed by atoms with Crippen LogP contribution in [-0.2, 0) is 31.3 Å². The van der Waals surface area contributed by atoms with E-state index in [0.29, 0.717) is 36.3 Å². The number of nitrogens with one attached hydrogen (secondary N) is 1. The van der Waals surface area contributed by atoms with Gasteiger partial charge in [-0.05, 0) is 42.4 Å². The molecule has 10 nitrogen and oxygen atoms in total. The monoisotopic (exact) mass is 640 g/mol. The Balaban J connectivity index is 1.34. The summed E-state index contributed by atoms with van der Waals surface area (Å²) < 4.78 is 6.72. The minimum atomic E-state index is -3.00. The van der Waals surface area contributed by atoms with Crippen molar-refractivity contribution in [2.75, 3.05) is 23.5 Å². The summed E-state index contributed by atoms with van der Waals surface area (Å²) in [6.07, 6.45) is 0.0210. The van der Waals surface area contributed by atoms with Crippen LogP contribution in [0.1, 0.15) is 42.9 Å². The third-order valence-electron chi connectivity index (χ3n) is 9.42. The Morgan fingerprint density at radius 3 is 2.43 bits per heavy atom. The lowest BCUT2D eigenvalue weighted by molar-refractivity contribution is -0.148. The second-order valence-corrected chi connectivity index (χ2v) is 16.9. The van der Waals surface area contributed by atoms with Gasteiger partial charge in [-0.2, -0.15) is 5.10 Å². The highest BCUT2D eigenvalue weighted by atomic mass is 28.4. The molecule has 0 saturated carbocycles. The fraction of sp³-hybridized carbons (Fsp3) is 0.371.